The van der Waals surface area contributed by atoms with E-state index in [0.717, 1.165) is 5.56 Å². The molecule has 0 radical (unpaired) electrons. The Bertz CT molecular complexity index is 667. The van der Waals surface area contributed by atoms with E-state index in [1.54, 1.807) is 24.3 Å². The van der Waals surface area contributed by atoms with Gasteiger partial charge in [0.05, 0.1) is 18.4 Å². The average Bonchev–Trinajstić information content (AvgIpc) is 2.46. The van der Waals surface area contributed by atoms with E-state index in [9.17, 15) is 4.39 Å². The van der Waals surface area contributed by atoms with Crippen LogP contribution < -0.4 is 10.1 Å². The number of methoxy groups -OCH3 is 1. The number of nitrogens with one attached hydrogen (secondary N) is 1. The van der Waals surface area contributed by atoms with Crippen molar-refractivity contribution in [3.8, 4) is 11.8 Å². The zero-order valence-electron chi connectivity index (χ0n) is 10.8. The maximum absolute atomic E-state index is 13.0. The molecule has 0 heterocycles. The lowest BCUT2D eigenvalue weighted by Crippen LogP contribution is -2.04. The van der Waals surface area contributed by atoms with Gasteiger partial charge in [0, 0.05) is 11.6 Å². The number of nitriles is 1. The molecule has 0 aromatic heterocycles. The van der Waals surface area contributed by atoms with Crippen LogP contribution in [0.1, 0.15) is 11.1 Å². The smallest absolute Gasteiger partial charge is 0.143 e. The molecule has 0 atom stereocenters. The average molecular weight is 291 g/mol. The van der Waals surface area contributed by atoms with Crippen molar-refractivity contribution in [2.24, 2.45) is 0 Å². The Labute approximate surface area is 121 Å². The van der Waals surface area contributed by atoms with Gasteiger partial charge in [0.1, 0.15) is 17.6 Å². The second-order valence-electron chi connectivity index (χ2n) is 4.08. The first kappa shape index (κ1) is 14.2. The third-order valence-electron chi connectivity index (χ3n) is 2.84. The third kappa shape index (κ3) is 3.01. The Kier molecular flexibility index (Phi) is 4.44. The normalized spacial score (nSPS) is 9.90. The van der Waals surface area contributed by atoms with Crippen molar-refractivity contribution < 1.29 is 9.13 Å². The highest BCUT2D eigenvalue weighted by Crippen LogP contribution is 2.29. The molecule has 3 nitrogen and oxygen atoms in total. The van der Waals surface area contributed by atoms with Crippen molar-refractivity contribution in [2.45, 2.75) is 6.54 Å². The molecular weight excluding hydrogens is 279 g/mol. The highest BCUT2D eigenvalue weighted by Gasteiger charge is 2.09. The van der Waals surface area contributed by atoms with E-state index >= 15 is 0 Å². The molecule has 0 saturated carbocycles. The molecule has 0 spiro atoms. The maximum atomic E-state index is 13.0. The Morgan fingerprint density at radius 1 is 1.35 bits per heavy atom. The predicted molar refractivity (Wildman–Crippen MR) is 76.4 cm³/mol. The maximum Gasteiger partial charge on any atom is 0.143 e. The van der Waals surface area contributed by atoms with E-state index in [2.05, 4.69) is 11.4 Å². The first-order valence-electron chi connectivity index (χ1n) is 5.90. The first-order valence-corrected chi connectivity index (χ1v) is 6.28. The predicted octanol–water partition coefficient (Wildman–Crippen LogP) is 3.97. The fourth-order valence-electron chi connectivity index (χ4n) is 1.83. The standard InChI is InChI=1S/C15H12ClFN2O/c1-20-14-4-2-3-10(8-18)15(14)19-9-11-5-6-12(17)7-13(11)16/h2-7,19H,9H2,1H3. The van der Waals surface area contributed by atoms with Gasteiger partial charge in [-0.1, -0.05) is 23.7 Å². The summed E-state index contributed by atoms with van der Waals surface area (Å²) >= 11 is 5.97. The van der Waals surface area contributed by atoms with Crippen LogP contribution in [0.15, 0.2) is 36.4 Å². The molecule has 0 aliphatic carbocycles. The number of halogens is 2. The minimum absolute atomic E-state index is 0.339. The van der Waals surface area contributed by atoms with E-state index in [1.807, 2.05) is 0 Å². The molecule has 0 amide bonds. The first-order chi connectivity index (χ1) is 9.65. The van der Waals surface area contributed by atoms with Crippen LogP contribution in [0.25, 0.3) is 0 Å². The number of nitrogens with zero attached hydrogens (tertiary/aromatic N) is 1. The number of para-hydroxylation sites is 1. The summed E-state index contributed by atoms with van der Waals surface area (Å²) in [4.78, 5) is 0. The van der Waals surface area contributed by atoms with Crippen LogP contribution in [-0.2, 0) is 6.54 Å². The van der Waals surface area contributed by atoms with Crippen LogP contribution in [0.3, 0.4) is 0 Å². The zero-order chi connectivity index (χ0) is 14.5. The summed E-state index contributed by atoms with van der Waals surface area (Å²) in [7, 11) is 1.53. The van der Waals surface area contributed by atoms with Gasteiger partial charge in [-0.25, -0.2) is 4.39 Å². The lowest BCUT2D eigenvalue weighted by atomic mass is 10.1. The number of hydrogen-bond acceptors (Lipinski definition) is 3. The zero-order valence-corrected chi connectivity index (χ0v) is 11.5. The second-order valence-corrected chi connectivity index (χ2v) is 4.49. The quantitative estimate of drug-likeness (QED) is 0.926. The molecule has 20 heavy (non-hydrogen) atoms. The molecule has 0 aliphatic rings. The van der Waals surface area contributed by atoms with Gasteiger partial charge in [-0.2, -0.15) is 5.26 Å². The third-order valence-corrected chi connectivity index (χ3v) is 3.19. The molecule has 0 bridgehead atoms. The summed E-state index contributed by atoms with van der Waals surface area (Å²) < 4.78 is 18.2. The number of ether oxygens (including phenoxy) is 1. The fourth-order valence-corrected chi connectivity index (χ4v) is 2.06. The summed E-state index contributed by atoms with van der Waals surface area (Å²) in [5.41, 5.74) is 1.81. The van der Waals surface area contributed by atoms with Crippen molar-refractivity contribution in [3.05, 3.63) is 58.4 Å². The largest absolute Gasteiger partial charge is 0.495 e. The summed E-state index contributed by atoms with van der Waals surface area (Å²) in [6.45, 7) is 0.369. The van der Waals surface area contributed by atoms with E-state index < -0.39 is 0 Å². The highest BCUT2D eigenvalue weighted by molar-refractivity contribution is 6.31. The van der Waals surface area contributed by atoms with Crippen molar-refractivity contribution in [2.75, 3.05) is 12.4 Å². The second kappa shape index (κ2) is 6.27. The summed E-state index contributed by atoms with van der Waals surface area (Å²) in [5.74, 6) is 0.191. The molecule has 0 fully saturated rings. The Balaban J connectivity index is 2.25. The Morgan fingerprint density at radius 3 is 2.80 bits per heavy atom. The van der Waals surface area contributed by atoms with Gasteiger partial charge in [-0.15, -0.1) is 0 Å². The lowest BCUT2D eigenvalue weighted by molar-refractivity contribution is 0.416. The molecule has 2 rings (SSSR count). The summed E-state index contributed by atoms with van der Waals surface area (Å²) in [5, 5.41) is 12.6. The van der Waals surface area contributed by atoms with Crippen LogP contribution in [0.5, 0.6) is 5.75 Å². The van der Waals surface area contributed by atoms with Gasteiger partial charge in [0.2, 0.25) is 0 Å². The van der Waals surface area contributed by atoms with E-state index in [4.69, 9.17) is 21.6 Å². The molecule has 2 aromatic carbocycles. The number of rotatable bonds is 4. The SMILES string of the molecule is COc1cccc(C#N)c1NCc1ccc(F)cc1Cl. The van der Waals surface area contributed by atoms with E-state index in [-0.39, 0.29) is 5.82 Å². The molecular formula is C15H12ClFN2O. The molecule has 5 heteroatoms. The van der Waals surface area contributed by atoms with Crippen molar-refractivity contribution in [3.63, 3.8) is 0 Å². The highest BCUT2D eigenvalue weighted by atomic mass is 35.5. The van der Waals surface area contributed by atoms with Crippen molar-refractivity contribution in [1.29, 1.82) is 5.26 Å². The van der Waals surface area contributed by atoms with Crippen LogP contribution in [0.2, 0.25) is 5.02 Å². The molecule has 2 aromatic rings. The molecule has 102 valence electrons. The molecule has 0 aliphatic heterocycles. The number of anilines is 1. The van der Waals surface area contributed by atoms with Gasteiger partial charge in [0.15, 0.2) is 0 Å². The molecule has 0 saturated heterocycles. The molecule has 0 unspecified atom stereocenters. The number of benzene rings is 2. The lowest BCUT2D eigenvalue weighted by Gasteiger charge is -2.13. The van der Waals surface area contributed by atoms with Gasteiger partial charge in [-0.3, -0.25) is 0 Å². The summed E-state index contributed by atoms with van der Waals surface area (Å²) in [6.07, 6.45) is 0. The number of hydrogen-bond donors (Lipinski definition) is 1. The minimum Gasteiger partial charge on any atom is -0.495 e. The Hall–Kier alpha value is -2.25. The van der Waals surface area contributed by atoms with Crippen LogP contribution in [-0.4, -0.2) is 7.11 Å². The van der Waals surface area contributed by atoms with Gasteiger partial charge >= 0.3 is 0 Å². The van der Waals surface area contributed by atoms with Crippen LogP contribution >= 0.6 is 11.6 Å². The monoisotopic (exact) mass is 290 g/mol. The van der Waals surface area contributed by atoms with E-state index in [1.165, 1.54) is 19.2 Å². The van der Waals surface area contributed by atoms with E-state index in [0.29, 0.717) is 28.6 Å². The molecule has 1 N–H and O–H groups in total. The Morgan fingerprint density at radius 2 is 2.15 bits per heavy atom. The minimum atomic E-state index is -0.381. The van der Waals surface area contributed by atoms with Gasteiger partial charge < -0.3 is 10.1 Å². The summed E-state index contributed by atoms with van der Waals surface area (Å²) in [6, 6.07) is 11.5. The van der Waals surface area contributed by atoms with Crippen molar-refractivity contribution >= 4 is 17.3 Å². The van der Waals surface area contributed by atoms with Gasteiger partial charge in [0.25, 0.3) is 0 Å². The topological polar surface area (TPSA) is 45.0 Å². The van der Waals surface area contributed by atoms with Crippen LogP contribution in [0, 0.1) is 17.1 Å². The van der Waals surface area contributed by atoms with Gasteiger partial charge in [-0.05, 0) is 29.8 Å². The van der Waals surface area contributed by atoms with Crippen LogP contribution in [0.4, 0.5) is 10.1 Å². The van der Waals surface area contributed by atoms with Crippen molar-refractivity contribution in [1.82, 2.24) is 0 Å². The fraction of sp³-hybridized carbons (Fsp3) is 0.133.